The zero-order valence-electron chi connectivity index (χ0n) is 9.39. The van der Waals surface area contributed by atoms with E-state index in [0.717, 1.165) is 24.5 Å². The minimum Gasteiger partial charge on any atom is -0.399 e. The van der Waals surface area contributed by atoms with Crippen molar-refractivity contribution < 1.29 is 0 Å². The van der Waals surface area contributed by atoms with Gasteiger partial charge in [0.1, 0.15) is 0 Å². The molecular weight excluding hydrogens is 198 g/mol. The Morgan fingerprint density at radius 1 is 1.25 bits per heavy atom. The predicted molar refractivity (Wildman–Crippen MR) is 72.7 cm³/mol. The highest BCUT2D eigenvalue weighted by atomic mass is 15.1. The summed E-state index contributed by atoms with van der Waals surface area (Å²) in [4.78, 5) is 6.08. The molecule has 0 heterocycles. The number of hydrogen-bond donors (Lipinski definition) is 1. The molecule has 0 aliphatic heterocycles. The fraction of sp³-hybridized carbons (Fsp3) is 0.154. The van der Waals surface area contributed by atoms with Gasteiger partial charge in [0.15, 0.2) is 0 Å². The highest BCUT2D eigenvalue weighted by Gasteiger charge is 2.08. The van der Waals surface area contributed by atoms with Crippen molar-refractivity contribution in [2.24, 2.45) is 4.99 Å². The maximum atomic E-state index is 5.70. The first-order chi connectivity index (χ1) is 7.72. The average Bonchev–Trinajstić information content (AvgIpc) is 2.28. The second kappa shape index (κ2) is 5.75. The van der Waals surface area contributed by atoms with Crippen LogP contribution in [0.5, 0.6) is 0 Å². The molecular formula is C13H17N3. The molecule has 0 saturated carbocycles. The van der Waals surface area contributed by atoms with Gasteiger partial charge in [0.05, 0.1) is 11.4 Å². The van der Waals surface area contributed by atoms with Gasteiger partial charge in [-0.1, -0.05) is 12.2 Å². The fourth-order valence-electron chi connectivity index (χ4n) is 1.52. The molecule has 2 N–H and O–H groups in total. The summed E-state index contributed by atoms with van der Waals surface area (Å²) in [6.07, 6.45) is 3.68. The van der Waals surface area contributed by atoms with Crippen molar-refractivity contribution in [3.63, 3.8) is 0 Å². The third-order valence-corrected chi connectivity index (χ3v) is 2.21. The molecule has 0 saturated heterocycles. The van der Waals surface area contributed by atoms with E-state index in [9.17, 15) is 0 Å². The van der Waals surface area contributed by atoms with Gasteiger partial charge in [-0.2, -0.15) is 0 Å². The molecule has 0 aliphatic rings. The highest BCUT2D eigenvalue weighted by molar-refractivity contribution is 5.73. The molecule has 3 nitrogen and oxygen atoms in total. The van der Waals surface area contributed by atoms with Crippen LogP contribution in [0.2, 0.25) is 0 Å². The summed E-state index contributed by atoms with van der Waals surface area (Å²) in [7, 11) is 0. The Kier molecular flexibility index (Phi) is 4.33. The second-order valence-corrected chi connectivity index (χ2v) is 3.39. The second-order valence-electron chi connectivity index (χ2n) is 3.39. The Bertz CT molecular complexity index is 386. The topological polar surface area (TPSA) is 41.6 Å². The fourth-order valence-corrected chi connectivity index (χ4v) is 1.52. The van der Waals surface area contributed by atoms with Crippen molar-refractivity contribution in [2.45, 2.75) is 0 Å². The van der Waals surface area contributed by atoms with Crippen LogP contribution in [-0.2, 0) is 0 Å². The van der Waals surface area contributed by atoms with Crippen LogP contribution < -0.4 is 10.6 Å². The summed E-state index contributed by atoms with van der Waals surface area (Å²) in [6.45, 7) is 12.5. The van der Waals surface area contributed by atoms with Gasteiger partial charge >= 0.3 is 0 Å². The first-order valence-corrected chi connectivity index (χ1v) is 5.06. The van der Waals surface area contributed by atoms with E-state index in [1.807, 2.05) is 30.4 Å². The molecule has 0 aliphatic carbocycles. The zero-order chi connectivity index (χ0) is 12.0. The van der Waals surface area contributed by atoms with Gasteiger partial charge in [0.25, 0.3) is 0 Å². The van der Waals surface area contributed by atoms with Gasteiger partial charge in [0.2, 0.25) is 0 Å². The summed E-state index contributed by atoms with van der Waals surface area (Å²) < 4.78 is 0. The quantitative estimate of drug-likeness (QED) is 0.450. The van der Waals surface area contributed by atoms with E-state index < -0.39 is 0 Å². The standard InChI is InChI=1S/C13H17N3/c1-4-8-16(9-5-2)13-7-6-11(14)10-12(13)15-3/h4-7,10H,1-3,8-9,14H2. The van der Waals surface area contributed by atoms with Crippen molar-refractivity contribution in [1.29, 1.82) is 0 Å². The number of hydrogen-bond acceptors (Lipinski definition) is 3. The molecule has 0 bridgehead atoms. The molecule has 84 valence electrons. The minimum atomic E-state index is 0.684. The van der Waals surface area contributed by atoms with Gasteiger partial charge in [-0.15, -0.1) is 13.2 Å². The number of nitrogen functional groups attached to an aromatic ring is 1. The van der Waals surface area contributed by atoms with E-state index in [0.29, 0.717) is 5.69 Å². The molecule has 1 aromatic carbocycles. The number of benzene rings is 1. The highest BCUT2D eigenvalue weighted by Crippen LogP contribution is 2.30. The number of aliphatic imine (C=N–C) groups is 1. The molecule has 0 radical (unpaired) electrons. The first-order valence-electron chi connectivity index (χ1n) is 5.06. The van der Waals surface area contributed by atoms with E-state index in [4.69, 9.17) is 5.73 Å². The lowest BCUT2D eigenvalue weighted by Crippen LogP contribution is -2.23. The Morgan fingerprint density at radius 2 is 1.88 bits per heavy atom. The summed E-state index contributed by atoms with van der Waals surface area (Å²) >= 11 is 0. The average molecular weight is 215 g/mol. The summed E-state index contributed by atoms with van der Waals surface area (Å²) in [5.41, 5.74) is 8.16. The lowest BCUT2D eigenvalue weighted by atomic mass is 10.2. The van der Waals surface area contributed by atoms with E-state index in [1.54, 1.807) is 0 Å². The lowest BCUT2D eigenvalue weighted by molar-refractivity contribution is 0.957. The third kappa shape index (κ3) is 2.73. The van der Waals surface area contributed by atoms with Crippen LogP contribution in [0.15, 0.2) is 48.5 Å². The van der Waals surface area contributed by atoms with Crippen molar-refractivity contribution in [3.05, 3.63) is 43.5 Å². The third-order valence-electron chi connectivity index (χ3n) is 2.21. The number of nitrogens with two attached hydrogens (primary N) is 1. The molecule has 1 aromatic rings. The molecule has 0 spiro atoms. The van der Waals surface area contributed by atoms with Crippen molar-refractivity contribution in [3.8, 4) is 0 Å². The normalized spacial score (nSPS) is 9.50. The summed E-state index contributed by atoms with van der Waals surface area (Å²) in [5, 5.41) is 0. The Morgan fingerprint density at radius 3 is 2.38 bits per heavy atom. The molecule has 1 rings (SSSR count). The van der Waals surface area contributed by atoms with Crippen molar-refractivity contribution >= 4 is 23.8 Å². The zero-order valence-corrected chi connectivity index (χ0v) is 9.39. The van der Waals surface area contributed by atoms with Crippen LogP contribution in [0.1, 0.15) is 0 Å². The van der Waals surface area contributed by atoms with E-state index in [1.165, 1.54) is 0 Å². The maximum absolute atomic E-state index is 5.70. The van der Waals surface area contributed by atoms with Gasteiger partial charge < -0.3 is 10.6 Å². The van der Waals surface area contributed by atoms with Gasteiger partial charge in [-0.05, 0) is 24.9 Å². The van der Waals surface area contributed by atoms with Crippen LogP contribution in [-0.4, -0.2) is 19.8 Å². The van der Waals surface area contributed by atoms with Crippen LogP contribution >= 0.6 is 0 Å². The molecule has 3 heteroatoms. The number of anilines is 2. The Balaban J connectivity index is 3.11. The monoisotopic (exact) mass is 215 g/mol. The molecule has 0 unspecified atom stereocenters. The van der Waals surface area contributed by atoms with Crippen LogP contribution in [0.4, 0.5) is 17.1 Å². The Labute approximate surface area is 96.6 Å². The van der Waals surface area contributed by atoms with E-state index >= 15 is 0 Å². The maximum Gasteiger partial charge on any atom is 0.0876 e. The van der Waals surface area contributed by atoms with Gasteiger partial charge in [-0.25, -0.2) is 0 Å². The number of rotatable bonds is 6. The van der Waals surface area contributed by atoms with Crippen LogP contribution in [0.25, 0.3) is 0 Å². The molecule has 0 fully saturated rings. The largest absolute Gasteiger partial charge is 0.399 e. The van der Waals surface area contributed by atoms with Gasteiger partial charge in [0, 0.05) is 18.8 Å². The smallest absolute Gasteiger partial charge is 0.0876 e. The molecule has 0 atom stereocenters. The van der Waals surface area contributed by atoms with Crippen molar-refractivity contribution in [1.82, 2.24) is 0 Å². The SMILES string of the molecule is C=CCN(CC=C)c1ccc(N)cc1N=C. The Hall–Kier alpha value is -2.03. The molecule has 16 heavy (non-hydrogen) atoms. The summed E-state index contributed by atoms with van der Waals surface area (Å²) in [6, 6.07) is 5.59. The first kappa shape index (κ1) is 12.0. The number of nitrogens with zero attached hydrogens (tertiary/aromatic N) is 2. The van der Waals surface area contributed by atoms with E-state index in [-0.39, 0.29) is 0 Å². The van der Waals surface area contributed by atoms with Gasteiger partial charge in [-0.3, -0.25) is 4.99 Å². The summed E-state index contributed by atoms with van der Waals surface area (Å²) in [5.74, 6) is 0. The van der Waals surface area contributed by atoms with Crippen LogP contribution in [0, 0.1) is 0 Å². The minimum absolute atomic E-state index is 0.684. The predicted octanol–water partition coefficient (Wildman–Crippen LogP) is 2.78. The van der Waals surface area contributed by atoms with Crippen LogP contribution in [0.3, 0.4) is 0 Å². The van der Waals surface area contributed by atoms with E-state index in [2.05, 4.69) is 29.8 Å². The lowest BCUT2D eigenvalue weighted by Gasteiger charge is -2.23. The van der Waals surface area contributed by atoms with Crippen molar-refractivity contribution in [2.75, 3.05) is 23.7 Å². The molecule has 0 aromatic heterocycles. The molecule has 0 amide bonds.